The highest BCUT2D eigenvalue weighted by molar-refractivity contribution is 5.87. The second kappa shape index (κ2) is 8.98. The fourth-order valence-corrected chi connectivity index (χ4v) is 3.69. The van der Waals surface area contributed by atoms with Crippen LogP contribution >= 0.6 is 0 Å². The zero-order chi connectivity index (χ0) is 19.2. The molecule has 3 nitrogen and oxygen atoms in total. The van der Waals surface area contributed by atoms with E-state index in [1.54, 1.807) is 0 Å². The maximum absolute atomic E-state index is 6.04. The number of anilines is 1. The lowest BCUT2D eigenvalue weighted by atomic mass is 9.90. The fraction of sp³-hybridized carbons (Fsp3) is 0.417. The van der Waals surface area contributed by atoms with Gasteiger partial charge in [0.2, 0.25) is 0 Å². The van der Waals surface area contributed by atoms with E-state index in [9.17, 15) is 0 Å². The summed E-state index contributed by atoms with van der Waals surface area (Å²) in [4.78, 5) is 2.45. The van der Waals surface area contributed by atoms with Gasteiger partial charge in [-0.2, -0.15) is 0 Å². The summed E-state index contributed by atoms with van der Waals surface area (Å²) in [6.07, 6.45) is 4.83. The molecular formula is C24H31NO2. The van der Waals surface area contributed by atoms with Crippen molar-refractivity contribution in [3.63, 3.8) is 0 Å². The molecule has 1 aliphatic heterocycles. The van der Waals surface area contributed by atoms with E-state index in [2.05, 4.69) is 62.6 Å². The Labute approximate surface area is 163 Å². The SMILES string of the molecule is C=CCc1cccc2c1N(CC)Cc1cc(OCCC)c(OCCC)cc1-2. The van der Waals surface area contributed by atoms with Crippen molar-refractivity contribution < 1.29 is 9.47 Å². The van der Waals surface area contributed by atoms with Crippen molar-refractivity contribution in [2.45, 2.75) is 46.6 Å². The highest BCUT2D eigenvalue weighted by Crippen LogP contribution is 2.45. The average molecular weight is 366 g/mol. The fourth-order valence-electron chi connectivity index (χ4n) is 3.69. The van der Waals surface area contributed by atoms with Gasteiger partial charge in [-0.15, -0.1) is 6.58 Å². The van der Waals surface area contributed by atoms with Crippen molar-refractivity contribution in [2.75, 3.05) is 24.7 Å². The van der Waals surface area contributed by atoms with Gasteiger partial charge in [0.25, 0.3) is 0 Å². The molecule has 0 saturated heterocycles. The van der Waals surface area contributed by atoms with Gasteiger partial charge in [-0.05, 0) is 55.0 Å². The van der Waals surface area contributed by atoms with Crippen LogP contribution in [0.2, 0.25) is 0 Å². The summed E-state index contributed by atoms with van der Waals surface area (Å²) in [5, 5.41) is 0. The number of fused-ring (bicyclic) bond motifs is 3. The maximum Gasteiger partial charge on any atom is 0.161 e. The lowest BCUT2D eigenvalue weighted by Crippen LogP contribution is -2.27. The predicted molar refractivity (Wildman–Crippen MR) is 114 cm³/mol. The molecule has 1 heterocycles. The number of benzene rings is 2. The normalized spacial score (nSPS) is 12.3. The second-order valence-electron chi connectivity index (χ2n) is 6.97. The van der Waals surface area contributed by atoms with Gasteiger partial charge in [0, 0.05) is 24.3 Å². The molecule has 3 heteroatoms. The number of hydrogen-bond acceptors (Lipinski definition) is 3. The van der Waals surface area contributed by atoms with Crippen LogP contribution in [0.25, 0.3) is 11.1 Å². The number of para-hydroxylation sites is 1. The van der Waals surface area contributed by atoms with E-state index >= 15 is 0 Å². The van der Waals surface area contributed by atoms with Crippen LogP contribution in [0.3, 0.4) is 0 Å². The molecule has 0 fully saturated rings. The zero-order valence-electron chi connectivity index (χ0n) is 16.9. The molecule has 0 atom stereocenters. The molecule has 0 radical (unpaired) electrons. The number of nitrogens with zero attached hydrogens (tertiary/aromatic N) is 1. The smallest absolute Gasteiger partial charge is 0.161 e. The molecule has 0 unspecified atom stereocenters. The Balaban J connectivity index is 2.12. The Bertz CT molecular complexity index is 797. The molecule has 0 aliphatic carbocycles. The topological polar surface area (TPSA) is 21.7 Å². The molecule has 0 spiro atoms. The second-order valence-corrected chi connectivity index (χ2v) is 6.97. The van der Waals surface area contributed by atoms with Gasteiger partial charge < -0.3 is 14.4 Å². The van der Waals surface area contributed by atoms with Crippen LogP contribution in [-0.2, 0) is 13.0 Å². The molecule has 0 N–H and O–H groups in total. The van der Waals surface area contributed by atoms with Gasteiger partial charge in [-0.25, -0.2) is 0 Å². The molecule has 0 aromatic heterocycles. The average Bonchev–Trinajstić information content (AvgIpc) is 2.70. The summed E-state index contributed by atoms with van der Waals surface area (Å²) >= 11 is 0. The summed E-state index contributed by atoms with van der Waals surface area (Å²) in [6, 6.07) is 10.9. The van der Waals surface area contributed by atoms with Crippen molar-refractivity contribution in [3.05, 3.63) is 54.1 Å². The van der Waals surface area contributed by atoms with Crippen LogP contribution in [0.15, 0.2) is 43.0 Å². The Morgan fingerprint density at radius 3 is 2.33 bits per heavy atom. The Kier molecular flexibility index (Phi) is 6.44. The molecule has 0 amide bonds. The lowest BCUT2D eigenvalue weighted by molar-refractivity contribution is 0.268. The minimum atomic E-state index is 0.700. The quantitative estimate of drug-likeness (QED) is 0.509. The van der Waals surface area contributed by atoms with Crippen molar-refractivity contribution in [1.29, 1.82) is 0 Å². The number of hydrogen-bond donors (Lipinski definition) is 0. The van der Waals surface area contributed by atoms with Crippen LogP contribution in [0.4, 0.5) is 5.69 Å². The molecule has 3 rings (SSSR count). The molecule has 1 aliphatic rings. The first kappa shape index (κ1) is 19.3. The van der Waals surface area contributed by atoms with E-state index in [1.165, 1.54) is 27.9 Å². The standard InChI is InChI=1S/C24H31NO2/c1-5-10-18-11-9-12-20-21-16-23(27-14-7-3)22(26-13-6-2)15-19(21)17-25(8-4)24(18)20/h5,9,11-12,15-16H,1,6-8,10,13-14,17H2,2-4H3. The summed E-state index contributed by atoms with van der Waals surface area (Å²) in [7, 11) is 0. The van der Waals surface area contributed by atoms with Crippen LogP contribution < -0.4 is 14.4 Å². The number of allylic oxidation sites excluding steroid dienone is 1. The first-order valence-corrected chi connectivity index (χ1v) is 10.1. The Hall–Kier alpha value is -2.42. The van der Waals surface area contributed by atoms with E-state index in [-0.39, 0.29) is 0 Å². The van der Waals surface area contributed by atoms with Gasteiger partial charge in [-0.1, -0.05) is 38.1 Å². The van der Waals surface area contributed by atoms with Gasteiger partial charge in [0.1, 0.15) is 0 Å². The number of rotatable bonds is 9. The third-order valence-electron chi connectivity index (χ3n) is 4.93. The Morgan fingerprint density at radius 2 is 1.70 bits per heavy atom. The van der Waals surface area contributed by atoms with Gasteiger partial charge in [-0.3, -0.25) is 0 Å². The molecular weight excluding hydrogens is 334 g/mol. The molecule has 27 heavy (non-hydrogen) atoms. The monoisotopic (exact) mass is 365 g/mol. The van der Waals surface area contributed by atoms with Crippen LogP contribution in [0.1, 0.15) is 44.7 Å². The van der Waals surface area contributed by atoms with E-state index in [0.29, 0.717) is 13.2 Å². The highest BCUT2D eigenvalue weighted by atomic mass is 16.5. The third kappa shape index (κ3) is 3.97. The third-order valence-corrected chi connectivity index (χ3v) is 4.93. The van der Waals surface area contributed by atoms with Crippen LogP contribution in [0, 0.1) is 0 Å². The van der Waals surface area contributed by atoms with Crippen molar-refractivity contribution in [2.24, 2.45) is 0 Å². The van der Waals surface area contributed by atoms with Gasteiger partial charge >= 0.3 is 0 Å². The zero-order valence-corrected chi connectivity index (χ0v) is 16.9. The minimum Gasteiger partial charge on any atom is -0.490 e. The van der Waals surface area contributed by atoms with Crippen molar-refractivity contribution >= 4 is 5.69 Å². The van der Waals surface area contributed by atoms with E-state index < -0.39 is 0 Å². The van der Waals surface area contributed by atoms with Crippen molar-refractivity contribution in [1.82, 2.24) is 0 Å². The summed E-state index contributed by atoms with van der Waals surface area (Å²) in [5.74, 6) is 1.72. The largest absolute Gasteiger partial charge is 0.490 e. The minimum absolute atomic E-state index is 0.700. The van der Waals surface area contributed by atoms with Crippen molar-refractivity contribution in [3.8, 4) is 22.6 Å². The van der Waals surface area contributed by atoms with Gasteiger partial charge in [0.15, 0.2) is 11.5 Å². The Morgan fingerprint density at radius 1 is 1.00 bits per heavy atom. The number of ether oxygens (including phenoxy) is 2. The summed E-state index contributed by atoms with van der Waals surface area (Å²) in [5.41, 5.74) is 6.50. The lowest BCUT2D eigenvalue weighted by Gasteiger charge is -2.34. The van der Waals surface area contributed by atoms with E-state index in [1.807, 2.05) is 6.08 Å². The predicted octanol–water partition coefficient (Wildman–Crippen LogP) is 6.00. The molecule has 2 aromatic rings. The summed E-state index contributed by atoms with van der Waals surface area (Å²) in [6.45, 7) is 13.7. The maximum atomic E-state index is 6.04. The van der Waals surface area contributed by atoms with E-state index in [4.69, 9.17) is 9.47 Å². The molecule has 2 aromatic carbocycles. The first-order valence-electron chi connectivity index (χ1n) is 10.1. The molecule has 144 valence electrons. The van der Waals surface area contributed by atoms with E-state index in [0.717, 1.165) is 43.9 Å². The van der Waals surface area contributed by atoms with Crippen LogP contribution in [-0.4, -0.2) is 19.8 Å². The molecule has 0 bridgehead atoms. The van der Waals surface area contributed by atoms with Crippen LogP contribution in [0.5, 0.6) is 11.5 Å². The first-order chi connectivity index (χ1) is 13.2. The molecule has 0 saturated carbocycles. The highest BCUT2D eigenvalue weighted by Gasteiger charge is 2.25. The summed E-state index contributed by atoms with van der Waals surface area (Å²) < 4.78 is 12.1. The van der Waals surface area contributed by atoms with Gasteiger partial charge in [0.05, 0.1) is 13.2 Å².